The highest BCUT2D eigenvalue weighted by molar-refractivity contribution is 7.94. The number of piperazine rings is 1. The van der Waals surface area contributed by atoms with Crippen LogP contribution in [-0.2, 0) is 9.73 Å². The molecule has 2 aliphatic rings. The number of amides is 2. The van der Waals surface area contributed by atoms with E-state index in [0.29, 0.717) is 36.4 Å². The van der Waals surface area contributed by atoms with Crippen molar-refractivity contribution in [3.63, 3.8) is 0 Å². The van der Waals surface area contributed by atoms with Gasteiger partial charge in [0, 0.05) is 67.7 Å². The van der Waals surface area contributed by atoms with Gasteiger partial charge in [0.05, 0.1) is 33.4 Å². The lowest BCUT2D eigenvalue weighted by Gasteiger charge is -2.34. The van der Waals surface area contributed by atoms with E-state index in [0.717, 1.165) is 43.9 Å². The van der Waals surface area contributed by atoms with Gasteiger partial charge >= 0.3 is 0 Å². The molecule has 232 valence electrons. The number of nitrogens with zero attached hydrogens (tertiary/aromatic N) is 4. The van der Waals surface area contributed by atoms with Crippen LogP contribution in [0.2, 0.25) is 0 Å². The van der Waals surface area contributed by atoms with E-state index in [-0.39, 0.29) is 29.1 Å². The Labute approximate surface area is 258 Å². The molecule has 1 saturated heterocycles. The summed E-state index contributed by atoms with van der Waals surface area (Å²) >= 11 is 0. The third-order valence-corrected chi connectivity index (χ3v) is 10.6. The largest absolute Gasteiger partial charge is 0.459 e. The van der Waals surface area contributed by atoms with Crippen LogP contribution in [0.5, 0.6) is 0 Å². The maximum absolute atomic E-state index is 14.3. The third-order valence-electron chi connectivity index (χ3n) is 7.95. The lowest BCUT2D eigenvalue weighted by molar-refractivity contribution is 0.0991. The van der Waals surface area contributed by atoms with Gasteiger partial charge in [0.2, 0.25) is 0 Å². The van der Waals surface area contributed by atoms with Gasteiger partial charge in [0.1, 0.15) is 0 Å². The average molecular weight is 618 g/mol. The Bertz CT molecular complexity index is 1650. The zero-order valence-corrected chi connectivity index (χ0v) is 25.7. The van der Waals surface area contributed by atoms with Crippen LogP contribution in [0.3, 0.4) is 0 Å². The number of aromatic nitrogens is 1. The van der Waals surface area contributed by atoms with E-state index >= 15 is 0 Å². The summed E-state index contributed by atoms with van der Waals surface area (Å²) in [4.78, 5) is 35.0. The molecule has 2 amide bonds. The molecule has 2 atom stereocenters. The highest BCUT2D eigenvalue weighted by Gasteiger charge is 2.25. The zero-order valence-electron chi connectivity index (χ0n) is 24.9. The van der Waals surface area contributed by atoms with Gasteiger partial charge in [0.25, 0.3) is 11.8 Å². The van der Waals surface area contributed by atoms with Crippen LogP contribution in [0.15, 0.2) is 88.1 Å². The van der Waals surface area contributed by atoms with Crippen molar-refractivity contribution in [3.05, 3.63) is 96.2 Å². The second-order valence-corrected chi connectivity index (χ2v) is 13.6. The number of benzene rings is 1. The maximum Gasteiger partial charge on any atom is 0.291 e. The van der Waals surface area contributed by atoms with Gasteiger partial charge in [-0.3, -0.25) is 19.5 Å². The molecule has 1 unspecified atom stereocenters. The number of β-amino-alcohol motifs (C(OH)–C–C–N with tert-alkyl or cyclic N) is 1. The van der Waals surface area contributed by atoms with Crippen LogP contribution in [0.25, 0.3) is 11.1 Å². The predicted molar refractivity (Wildman–Crippen MR) is 172 cm³/mol. The number of aryl methyl sites for hydroxylation is 1. The summed E-state index contributed by atoms with van der Waals surface area (Å²) in [7, 11) is -2.90. The molecule has 3 aromatic rings. The van der Waals surface area contributed by atoms with Crippen molar-refractivity contribution in [3.8, 4) is 11.1 Å². The minimum absolute atomic E-state index is 0.163. The molecular weight excluding hydrogens is 578 g/mol. The standard InChI is InChI=1S/C33H39N5O5S/c1-25-11-19-43-31(25)33(41)35-29-8-5-7-26(22-29)27-21-28(24-34-23-27)32(40)36-44(42,30-9-3-2-4-10-30)20-6-12-37-13-15-38(16-14-37)17-18-39/h2-5,7-9,11,19,21-24,30,39H,6,10,12-18,20H2,1H3,(H,35,41)/t30?,44-/m0/s1. The normalized spacial score (nSPS) is 18.5. The van der Waals surface area contributed by atoms with E-state index in [1.165, 1.54) is 12.5 Å². The molecule has 0 spiro atoms. The van der Waals surface area contributed by atoms with Gasteiger partial charge in [-0.1, -0.05) is 36.4 Å². The minimum atomic E-state index is -2.90. The van der Waals surface area contributed by atoms with Crippen molar-refractivity contribution in [2.75, 3.05) is 56.9 Å². The molecule has 0 saturated carbocycles. The molecule has 0 radical (unpaired) electrons. The van der Waals surface area contributed by atoms with Gasteiger partial charge in [-0.25, -0.2) is 4.21 Å². The first-order valence-corrected chi connectivity index (χ1v) is 16.7. The van der Waals surface area contributed by atoms with Crippen molar-refractivity contribution in [2.45, 2.75) is 25.0 Å². The van der Waals surface area contributed by atoms with Crippen molar-refractivity contribution < 1.29 is 23.3 Å². The van der Waals surface area contributed by atoms with Crippen LogP contribution in [0.1, 0.15) is 39.3 Å². The Morgan fingerprint density at radius 3 is 2.57 bits per heavy atom. The fraction of sp³-hybridized carbons (Fsp3) is 0.364. The topological polar surface area (TPSA) is 128 Å². The van der Waals surface area contributed by atoms with E-state index in [9.17, 15) is 18.9 Å². The number of pyridine rings is 1. The van der Waals surface area contributed by atoms with E-state index in [2.05, 4.69) is 24.5 Å². The third kappa shape index (κ3) is 7.97. The monoisotopic (exact) mass is 617 g/mol. The molecule has 1 aliphatic carbocycles. The molecule has 5 rings (SSSR count). The zero-order chi connectivity index (χ0) is 30.9. The van der Waals surface area contributed by atoms with Gasteiger partial charge in [-0.15, -0.1) is 0 Å². The van der Waals surface area contributed by atoms with E-state index in [1.54, 1.807) is 43.5 Å². The van der Waals surface area contributed by atoms with Crippen molar-refractivity contribution in [2.24, 2.45) is 4.36 Å². The Kier molecular flexibility index (Phi) is 10.5. The molecule has 11 heteroatoms. The van der Waals surface area contributed by atoms with Crippen LogP contribution >= 0.6 is 0 Å². The first-order chi connectivity index (χ1) is 21.3. The summed E-state index contributed by atoms with van der Waals surface area (Å²) < 4.78 is 24.0. The molecule has 1 aliphatic heterocycles. The Balaban J connectivity index is 1.30. The quantitative estimate of drug-likeness (QED) is 0.324. The number of aliphatic hydroxyl groups excluding tert-OH is 1. The number of allylic oxidation sites excluding steroid dienone is 3. The summed E-state index contributed by atoms with van der Waals surface area (Å²) in [5, 5.41) is 11.7. The molecule has 2 aromatic heterocycles. The summed E-state index contributed by atoms with van der Waals surface area (Å²) in [6.07, 6.45) is 13.4. The van der Waals surface area contributed by atoms with Crippen LogP contribution < -0.4 is 5.32 Å². The van der Waals surface area contributed by atoms with E-state index in [4.69, 9.17) is 4.42 Å². The van der Waals surface area contributed by atoms with Gasteiger partial charge < -0.3 is 19.7 Å². The lowest BCUT2D eigenvalue weighted by atomic mass is 10.1. The number of furan rings is 1. The van der Waals surface area contributed by atoms with Gasteiger partial charge in [0.15, 0.2) is 5.76 Å². The molecule has 0 bridgehead atoms. The predicted octanol–water partition coefficient (Wildman–Crippen LogP) is 4.40. The summed E-state index contributed by atoms with van der Waals surface area (Å²) in [5.41, 5.74) is 2.99. The summed E-state index contributed by atoms with van der Waals surface area (Å²) in [5.74, 6) is -0.333. The number of anilines is 1. The molecule has 44 heavy (non-hydrogen) atoms. The first-order valence-electron chi connectivity index (χ1n) is 14.9. The smallest absolute Gasteiger partial charge is 0.291 e. The number of aliphatic hydroxyl groups is 1. The Morgan fingerprint density at radius 1 is 1.07 bits per heavy atom. The number of rotatable bonds is 11. The van der Waals surface area contributed by atoms with Crippen molar-refractivity contribution in [1.29, 1.82) is 0 Å². The molecule has 3 heterocycles. The fourth-order valence-corrected chi connectivity index (χ4v) is 7.65. The first kappa shape index (κ1) is 31.5. The van der Waals surface area contributed by atoms with Crippen LogP contribution in [-0.4, -0.2) is 92.8 Å². The number of carbonyl (C=O) groups excluding carboxylic acids is 2. The van der Waals surface area contributed by atoms with Crippen LogP contribution in [0, 0.1) is 6.92 Å². The number of carbonyl (C=O) groups is 2. The number of hydrogen-bond acceptors (Lipinski definition) is 8. The van der Waals surface area contributed by atoms with E-state index < -0.39 is 15.6 Å². The average Bonchev–Trinajstić information content (AvgIpc) is 3.48. The summed E-state index contributed by atoms with van der Waals surface area (Å²) in [6, 6.07) is 10.7. The SMILES string of the molecule is Cc1ccoc1C(=O)Nc1cccc(-c2cncc(C(=O)N=[S@](=O)(CCCN3CCN(CCO)CC3)C3C=CC=CC3)c2)c1. The van der Waals surface area contributed by atoms with E-state index in [1.807, 2.05) is 30.4 Å². The number of hydrogen-bond donors (Lipinski definition) is 2. The van der Waals surface area contributed by atoms with Crippen molar-refractivity contribution in [1.82, 2.24) is 14.8 Å². The lowest BCUT2D eigenvalue weighted by Crippen LogP contribution is -2.47. The van der Waals surface area contributed by atoms with Crippen molar-refractivity contribution >= 4 is 27.2 Å². The Hall–Kier alpha value is -3.90. The van der Waals surface area contributed by atoms with Gasteiger partial charge in [-0.2, -0.15) is 4.36 Å². The Morgan fingerprint density at radius 2 is 1.86 bits per heavy atom. The fourth-order valence-electron chi connectivity index (χ4n) is 5.45. The second kappa shape index (κ2) is 14.7. The van der Waals surface area contributed by atoms with Gasteiger partial charge in [-0.05, 0) is 56.1 Å². The second-order valence-electron chi connectivity index (χ2n) is 11.1. The number of nitrogens with one attached hydrogen (secondary N) is 1. The van der Waals surface area contributed by atoms with Crippen LogP contribution in [0.4, 0.5) is 5.69 Å². The maximum atomic E-state index is 14.3. The molecule has 1 aromatic carbocycles. The molecule has 2 N–H and O–H groups in total. The molecular formula is C33H39N5O5S. The molecule has 10 nitrogen and oxygen atoms in total. The summed E-state index contributed by atoms with van der Waals surface area (Å²) in [6.45, 7) is 7.03. The highest BCUT2D eigenvalue weighted by atomic mass is 32.2. The highest BCUT2D eigenvalue weighted by Crippen LogP contribution is 2.25. The molecule has 1 fully saturated rings. The minimum Gasteiger partial charge on any atom is -0.459 e.